The molecule has 0 aliphatic rings. The van der Waals surface area contributed by atoms with Gasteiger partial charge in [0.05, 0.1) is 5.56 Å². The zero-order chi connectivity index (χ0) is 20.1. The molecule has 2 aromatic heterocycles. The number of aromatic nitrogens is 2. The summed E-state index contributed by atoms with van der Waals surface area (Å²) in [6.45, 7) is 1.75. The van der Waals surface area contributed by atoms with Crippen LogP contribution in [0.3, 0.4) is 0 Å². The molecule has 0 aliphatic heterocycles. The topological polar surface area (TPSA) is 89.3 Å². The maximum atomic E-state index is 12.2. The first-order valence-corrected chi connectivity index (χ1v) is 8.96. The molecule has 4 aromatic rings. The fraction of sp³-hybridized carbons (Fsp3) is 0.0455. The number of benzene rings is 2. The number of hydrogen-bond donors (Lipinski definition) is 2. The predicted molar refractivity (Wildman–Crippen MR) is 110 cm³/mol. The Kier molecular flexibility index (Phi) is 5.20. The Morgan fingerprint density at radius 1 is 0.931 bits per heavy atom. The highest BCUT2D eigenvalue weighted by Crippen LogP contribution is 2.24. The Hall–Kier alpha value is -4.13. The molecule has 2 aromatic carbocycles. The van der Waals surface area contributed by atoms with Gasteiger partial charge in [-0.3, -0.25) is 4.79 Å². The number of para-hydroxylation sites is 1. The minimum atomic E-state index is -0.306. The monoisotopic (exact) mass is 386 g/mol. The molecule has 4 rings (SSSR count). The molecule has 1 amide bonds. The molecular weight excluding hydrogens is 368 g/mol. The summed E-state index contributed by atoms with van der Waals surface area (Å²) in [7, 11) is 0. The van der Waals surface area contributed by atoms with Crippen molar-refractivity contribution in [1.82, 2.24) is 10.1 Å². The number of hydrogen-bond acceptors (Lipinski definition) is 6. The first kappa shape index (κ1) is 18.2. The molecule has 0 saturated carbocycles. The first-order valence-electron chi connectivity index (χ1n) is 8.96. The number of amides is 1. The van der Waals surface area contributed by atoms with Crippen LogP contribution >= 0.6 is 0 Å². The minimum Gasteiger partial charge on any atom is -0.457 e. The lowest BCUT2D eigenvalue weighted by Crippen LogP contribution is -2.12. The van der Waals surface area contributed by atoms with E-state index in [2.05, 4.69) is 20.8 Å². The second kappa shape index (κ2) is 8.26. The molecule has 2 heterocycles. The van der Waals surface area contributed by atoms with Crippen molar-refractivity contribution in [3.63, 3.8) is 0 Å². The van der Waals surface area contributed by atoms with Gasteiger partial charge in [0.2, 0.25) is 0 Å². The average molecular weight is 386 g/mol. The van der Waals surface area contributed by atoms with Crippen molar-refractivity contribution >= 4 is 23.2 Å². The Morgan fingerprint density at radius 3 is 2.34 bits per heavy atom. The Bertz CT molecular complexity index is 1090. The summed E-state index contributed by atoms with van der Waals surface area (Å²) >= 11 is 0. The molecule has 0 saturated heterocycles. The van der Waals surface area contributed by atoms with Crippen molar-refractivity contribution in [3.05, 3.63) is 90.3 Å². The smallest absolute Gasteiger partial charge is 0.258 e. The van der Waals surface area contributed by atoms with Crippen LogP contribution in [0, 0.1) is 6.92 Å². The van der Waals surface area contributed by atoms with Crippen LogP contribution in [0.1, 0.15) is 16.1 Å². The highest BCUT2D eigenvalue weighted by Gasteiger charge is 2.09. The van der Waals surface area contributed by atoms with Crippen LogP contribution < -0.4 is 15.4 Å². The zero-order valence-electron chi connectivity index (χ0n) is 15.6. The van der Waals surface area contributed by atoms with Gasteiger partial charge in [-0.1, -0.05) is 23.4 Å². The average Bonchev–Trinajstić information content (AvgIpc) is 3.15. The van der Waals surface area contributed by atoms with Crippen LogP contribution in [-0.4, -0.2) is 16.0 Å². The standard InChI is InChI=1S/C22H18N4O3/c1-15-13-21(26-29-15)25-22(27)16-7-12-20(23-14-16)24-17-8-10-19(11-9-17)28-18-5-3-2-4-6-18/h2-14H,1H3,(H,23,24)(H,25,26,27). The fourth-order valence-electron chi connectivity index (χ4n) is 2.59. The van der Waals surface area contributed by atoms with Gasteiger partial charge < -0.3 is 19.9 Å². The van der Waals surface area contributed by atoms with E-state index in [9.17, 15) is 4.79 Å². The second-order valence-electron chi connectivity index (χ2n) is 6.27. The third-order valence-electron chi connectivity index (χ3n) is 4.00. The molecule has 0 aliphatic carbocycles. The van der Waals surface area contributed by atoms with E-state index in [0.717, 1.165) is 17.2 Å². The van der Waals surface area contributed by atoms with E-state index in [0.29, 0.717) is 23.0 Å². The molecule has 0 unspecified atom stereocenters. The van der Waals surface area contributed by atoms with Crippen LogP contribution in [0.2, 0.25) is 0 Å². The molecule has 2 N–H and O–H groups in total. The third-order valence-corrected chi connectivity index (χ3v) is 4.00. The number of ether oxygens (including phenoxy) is 1. The summed E-state index contributed by atoms with van der Waals surface area (Å²) in [5.41, 5.74) is 1.27. The summed E-state index contributed by atoms with van der Waals surface area (Å²) in [4.78, 5) is 16.5. The van der Waals surface area contributed by atoms with Gasteiger partial charge in [-0.2, -0.15) is 0 Å². The van der Waals surface area contributed by atoms with Gasteiger partial charge in [0.15, 0.2) is 5.82 Å². The lowest BCUT2D eigenvalue weighted by Gasteiger charge is -2.09. The summed E-state index contributed by atoms with van der Waals surface area (Å²) in [5.74, 6) is 2.83. The lowest BCUT2D eigenvalue weighted by molar-refractivity contribution is 0.102. The maximum absolute atomic E-state index is 12.2. The molecular formula is C22H18N4O3. The largest absolute Gasteiger partial charge is 0.457 e. The van der Waals surface area contributed by atoms with E-state index in [1.165, 1.54) is 6.20 Å². The van der Waals surface area contributed by atoms with Crippen molar-refractivity contribution in [1.29, 1.82) is 0 Å². The number of carbonyl (C=O) groups excluding carboxylic acids is 1. The SMILES string of the molecule is Cc1cc(NC(=O)c2ccc(Nc3ccc(Oc4ccccc4)cc3)nc2)no1. The van der Waals surface area contributed by atoms with E-state index in [1.54, 1.807) is 25.1 Å². The van der Waals surface area contributed by atoms with Crippen LogP contribution in [0.5, 0.6) is 11.5 Å². The molecule has 0 atom stereocenters. The number of rotatable bonds is 6. The van der Waals surface area contributed by atoms with Crippen LogP contribution in [0.4, 0.5) is 17.3 Å². The van der Waals surface area contributed by atoms with Crippen molar-refractivity contribution in [2.75, 3.05) is 10.6 Å². The summed E-state index contributed by atoms with van der Waals surface area (Å²) in [6.07, 6.45) is 1.50. The lowest BCUT2D eigenvalue weighted by atomic mass is 10.2. The molecule has 0 spiro atoms. The molecule has 0 radical (unpaired) electrons. The van der Waals surface area contributed by atoms with E-state index in [1.807, 2.05) is 54.6 Å². The van der Waals surface area contributed by atoms with Gasteiger partial charge in [-0.25, -0.2) is 4.98 Å². The van der Waals surface area contributed by atoms with Crippen LogP contribution in [-0.2, 0) is 0 Å². The number of aryl methyl sites for hydroxylation is 1. The molecule has 0 fully saturated rings. The number of nitrogens with one attached hydrogen (secondary N) is 2. The number of nitrogens with zero attached hydrogens (tertiary/aromatic N) is 2. The van der Waals surface area contributed by atoms with Gasteiger partial charge >= 0.3 is 0 Å². The predicted octanol–water partition coefficient (Wildman–Crippen LogP) is 5.17. The molecule has 144 valence electrons. The van der Waals surface area contributed by atoms with E-state index in [-0.39, 0.29) is 5.91 Å². The summed E-state index contributed by atoms with van der Waals surface area (Å²) in [5, 5.41) is 9.58. The van der Waals surface area contributed by atoms with Crippen molar-refractivity contribution in [3.8, 4) is 11.5 Å². The van der Waals surface area contributed by atoms with Gasteiger partial charge in [0, 0.05) is 18.0 Å². The first-order chi connectivity index (χ1) is 14.2. The number of pyridine rings is 1. The quantitative estimate of drug-likeness (QED) is 0.475. The summed E-state index contributed by atoms with van der Waals surface area (Å²) in [6, 6.07) is 22.2. The molecule has 7 heteroatoms. The maximum Gasteiger partial charge on any atom is 0.258 e. The normalized spacial score (nSPS) is 10.4. The van der Waals surface area contributed by atoms with Crippen LogP contribution in [0.25, 0.3) is 0 Å². The second-order valence-corrected chi connectivity index (χ2v) is 6.27. The van der Waals surface area contributed by atoms with E-state index >= 15 is 0 Å². The van der Waals surface area contributed by atoms with Gasteiger partial charge in [0.1, 0.15) is 23.1 Å². The Balaban J connectivity index is 1.36. The van der Waals surface area contributed by atoms with Gasteiger partial charge in [0.25, 0.3) is 5.91 Å². The number of carbonyl (C=O) groups is 1. The molecule has 7 nitrogen and oxygen atoms in total. The number of anilines is 3. The van der Waals surface area contributed by atoms with Crippen molar-refractivity contribution in [2.45, 2.75) is 6.92 Å². The highest BCUT2D eigenvalue weighted by molar-refractivity contribution is 6.03. The Morgan fingerprint density at radius 2 is 1.69 bits per heavy atom. The van der Waals surface area contributed by atoms with Crippen molar-refractivity contribution < 1.29 is 14.1 Å². The Labute approximate surface area is 167 Å². The third kappa shape index (κ3) is 4.78. The van der Waals surface area contributed by atoms with Gasteiger partial charge in [-0.05, 0) is 55.5 Å². The van der Waals surface area contributed by atoms with E-state index in [4.69, 9.17) is 9.26 Å². The molecule has 29 heavy (non-hydrogen) atoms. The van der Waals surface area contributed by atoms with Gasteiger partial charge in [-0.15, -0.1) is 0 Å². The summed E-state index contributed by atoms with van der Waals surface area (Å²) < 4.78 is 10.7. The van der Waals surface area contributed by atoms with Crippen molar-refractivity contribution in [2.24, 2.45) is 0 Å². The zero-order valence-corrected chi connectivity index (χ0v) is 15.6. The van der Waals surface area contributed by atoms with E-state index < -0.39 is 0 Å². The van der Waals surface area contributed by atoms with Crippen LogP contribution in [0.15, 0.2) is 83.5 Å². The fourth-order valence-corrected chi connectivity index (χ4v) is 2.59. The highest BCUT2D eigenvalue weighted by atomic mass is 16.5. The molecule has 0 bridgehead atoms. The minimum absolute atomic E-state index is 0.306.